The van der Waals surface area contributed by atoms with Gasteiger partial charge in [0.2, 0.25) is 0 Å². The van der Waals surface area contributed by atoms with E-state index in [-0.39, 0.29) is 0 Å². The molecule has 2 aliphatic rings. The van der Waals surface area contributed by atoms with Crippen LogP contribution in [0.2, 0.25) is 0 Å². The Labute approximate surface area is 107 Å². The van der Waals surface area contributed by atoms with Gasteiger partial charge in [-0.25, -0.2) is 0 Å². The van der Waals surface area contributed by atoms with Gasteiger partial charge in [0.1, 0.15) is 4.32 Å². The first kappa shape index (κ1) is 12.6. The van der Waals surface area contributed by atoms with Gasteiger partial charge in [0, 0.05) is 26.2 Å². The van der Waals surface area contributed by atoms with Gasteiger partial charge in [-0.2, -0.15) is 0 Å². The van der Waals surface area contributed by atoms with Crippen LogP contribution in [0.1, 0.15) is 0 Å². The number of thiocarbonyl (C=S) groups is 1. The number of morpholine rings is 1. The largest absolute Gasteiger partial charge is 0.379 e. The van der Waals surface area contributed by atoms with E-state index in [0.717, 1.165) is 56.3 Å². The highest BCUT2D eigenvalue weighted by molar-refractivity contribution is 8.22. The quantitative estimate of drug-likeness (QED) is 0.684. The number of ether oxygens (including phenoxy) is 1. The van der Waals surface area contributed by atoms with E-state index in [9.17, 15) is 0 Å². The minimum absolute atomic E-state index is 0.874. The van der Waals surface area contributed by atoms with Crippen molar-refractivity contribution in [2.24, 2.45) is 0 Å². The second-order valence-corrected chi connectivity index (χ2v) is 5.83. The summed E-state index contributed by atoms with van der Waals surface area (Å²) in [6.07, 6.45) is 0. The van der Waals surface area contributed by atoms with E-state index in [2.05, 4.69) is 21.7 Å². The molecule has 0 atom stereocenters. The van der Waals surface area contributed by atoms with Crippen molar-refractivity contribution >= 4 is 28.3 Å². The Morgan fingerprint density at radius 3 is 2.81 bits per heavy atom. The Morgan fingerprint density at radius 1 is 1.31 bits per heavy atom. The molecule has 0 amide bonds. The smallest absolute Gasteiger partial charge is 0.138 e. The molecule has 2 aliphatic heterocycles. The summed E-state index contributed by atoms with van der Waals surface area (Å²) in [6.45, 7) is 6.97. The number of hydrogen-bond acceptors (Lipinski definition) is 5. The Morgan fingerprint density at radius 2 is 2.06 bits per heavy atom. The molecule has 0 aromatic carbocycles. The molecule has 0 unspecified atom stereocenters. The van der Waals surface area contributed by atoms with Crippen molar-refractivity contribution < 1.29 is 4.74 Å². The molecule has 0 radical (unpaired) electrons. The maximum Gasteiger partial charge on any atom is 0.138 e. The van der Waals surface area contributed by atoms with Gasteiger partial charge in [-0.15, -0.1) is 0 Å². The highest BCUT2D eigenvalue weighted by Crippen LogP contribution is 2.16. The van der Waals surface area contributed by atoms with Gasteiger partial charge in [-0.05, 0) is 7.05 Å². The van der Waals surface area contributed by atoms with Crippen molar-refractivity contribution in [2.45, 2.75) is 0 Å². The van der Waals surface area contributed by atoms with Crippen LogP contribution in [0.4, 0.5) is 0 Å². The fraction of sp³-hybridized carbons (Fsp3) is 0.900. The number of rotatable bonds is 3. The van der Waals surface area contributed by atoms with Gasteiger partial charge in [0.25, 0.3) is 0 Å². The fourth-order valence-corrected chi connectivity index (χ4v) is 2.95. The maximum absolute atomic E-state index is 5.37. The van der Waals surface area contributed by atoms with Crippen LogP contribution in [0, 0.1) is 0 Å². The van der Waals surface area contributed by atoms with Gasteiger partial charge in [0.05, 0.1) is 25.8 Å². The van der Waals surface area contributed by atoms with Gasteiger partial charge < -0.3 is 9.64 Å². The van der Waals surface area contributed by atoms with Crippen LogP contribution in [0.15, 0.2) is 0 Å². The number of thioether (sulfide) groups is 1. The fourth-order valence-electron chi connectivity index (χ4n) is 1.90. The summed E-state index contributed by atoms with van der Waals surface area (Å²) in [5, 5.41) is 0. The third-order valence-electron chi connectivity index (χ3n) is 2.87. The molecule has 2 rings (SSSR count). The van der Waals surface area contributed by atoms with Crippen molar-refractivity contribution in [1.29, 1.82) is 0 Å². The highest BCUT2D eigenvalue weighted by Gasteiger charge is 2.19. The Balaban J connectivity index is 1.73. The zero-order valence-electron chi connectivity index (χ0n) is 9.72. The first-order valence-corrected chi connectivity index (χ1v) is 7.05. The van der Waals surface area contributed by atoms with Crippen LogP contribution in [-0.2, 0) is 4.74 Å². The summed E-state index contributed by atoms with van der Waals surface area (Å²) in [5.41, 5.74) is 0. The minimum Gasteiger partial charge on any atom is -0.379 e. The lowest BCUT2D eigenvalue weighted by molar-refractivity contribution is 0.0348. The maximum atomic E-state index is 5.37. The van der Waals surface area contributed by atoms with E-state index in [1.54, 1.807) is 11.8 Å². The lowest BCUT2D eigenvalue weighted by Gasteiger charge is -2.36. The number of hydrogen-bond donors (Lipinski definition) is 0. The van der Waals surface area contributed by atoms with Crippen LogP contribution in [-0.4, -0.2) is 78.0 Å². The second-order valence-electron chi connectivity index (χ2n) is 4.25. The first-order chi connectivity index (χ1) is 7.75. The van der Waals surface area contributed by atoms with E-state index in [1.807, 2.05) is 0 Å². The normalized spacial score (nSPS) is 25.1. The van der Waals surface area contributed by atoms with E-state index < -0.39 is 0 Å². The van der Waals surface area contributed by atoms with Gasteiger partial charge in [-0.3, -0.25) is 9.80 Å². The Hall–Kier alpha value is 0.120. The van der Waals surface area contributed by atoms with Crippen LogP contribution in [0.5, 0.6) is 0 Å². The molecule has 2 fully saturated rings. The Kier molecular flexibility index (Phi) is 4.84. The van der Waals surface area contributed by atoms with Crippen molar-refractivity contribution in [3.8, 4) is 0 Å². The lowest BCUT2D eigenvalue weighted by atomic mass is 10.4. The average molecular weight is 261 g/mol. The third kappa shape index (κ3) is 3.56. The zero-order valence-corrected chi connectivity index (χ0v) is 11.4. The highest BCUT2D eigenvalue weighted by atomic mass is 32.2. The summed E-state index contributed by atoms with van der Waals surface area (Å²) in [5.74, 6) is 1.02. The topological polar surface area (TPSA) is 19.0 Å². The van der Waals surface area contributed by atoms with Gasteiger partial charge in [-0.1, -0.05) is 24.0 Å². The standard InChI is InChI=1S/C10H19N3OS2/c1-11-8-13(10(15)16-9-11)3-2-12-4-6-14-7-5-12/h2-9H2,1H3. The predicted octanol–water partition coefficient (Wildman–Crippen LogP) is 0.499. The summed E-state index contributed by atoms with van der Waals surface area (Å²) in [4.78, 5) is 7.03. The van der Waals surface area contributed by atoms with Crippen molar-refractivity contribution in [3.63, 3.8) is 0 Å². The minimum atomic E-state index is 0.874. The first-order valence-electron chi connectivity index (χ1n) is 5.66. The predicted molar refractivity (Wildman–Crippen MR) is 71.7 cm³/mol. The molecule has 0 spiro atoms. The van der Waals surface area contributed by atoms with Crippen LogP contribution in [0.3, 0.4) is 0 Å². The third-order valence-corrected chi connectivity index (χ3v) is 4.56. The summed E-state index contributed by atoms with van der Waals surface area (Å²) < 4.78 is 6.38. The van der Waals surface area contributed by atoms with Gasteiger partial charge in [0.15, 0.2) is 0 Å². The van der Waals surface area contributed by atoms with Gasteiger partial charge >= 0.3 is 0 Å². The molecule has 2 heterocycles. The van der Waals surface area contributed by atoms with Crippen LogP contribution in [0.25, 0.3) is 0 Å². The van der Waals surface area contributed by atoms with Crippen molar-refractivity contribution in [3.05, 3.63) is 0 Å². The monoisotopic (exact) mass is 261 g/mol. The molecule has 0 saturated carbocycles. The lowest BCUT2D eigenvalue weighted by Crippen LogP contribution is -2.47. The molecule has 0 N–H and O–H groups in total. The average Bonchev–Trinajstić information content (AvgIpc) is 2.32. The van der Waals surface area contributed by atoms with E-state index in [4.69, 9.17) is 17.0 Å². The molecule has 6 heteroatoms. The molecule has 0 aromatic rings. The van der Waals surface area contributed by atoms with Crippen LogP contribution >= 0.6 is 24.0 Å². The molecule has 92 valence electrons. The summed E-state index contributed by atoms with van der Waals surface area (Å²) >= 11 is 7.13. The molecule has 0 aliphatic carbocycles. The van der Waals surface area contributed by atoms with E-state index in [1.165, 1.54) is 0 Å². The van der Waals surface area contributed by atoms with Crippen molar-refractivity contribution in [2.75, 3.05) is 59.0 Å². The molecular formula is C10H19N3OS2. The van der Waals surface area contributed by atoms with Crippen LogP contribution < -0.4 is 0 Å². The molecule has 2 saturated heterocycles. The SMILES string of the molecule is CN1CSC(=S)N(CCN2CCOCC2)C1. The molecule has 16 heavy (non-hydrogen) atoms. The van der Waals surface area contributed by atoms with E-state index >= 15 is 0 Å². The molecule has 0 bridgehead atoms. The number of nitrogens with zero attached hydrogens (tertiary/aromatic N) is 3. The summed E-state index contributed by atoms with van der Waals surface area (Å²) in [7, 11) is 2.14. The second kappa shape index (κ2) is 6.16. The summed E-state index contributed by atoms with van der Waals surface area (Å²) in [6, 6.07) is 0. The van der Waals surface area contributed by atoms with Crippen molar-refractivity contribution in [1.82, 2.24) is 14.7 Å². The Bertz CT molecular complexity index is 246. The molecular weight excluding hydrogens is 242 g/mol. The zero-order chi connectivity index (χ0) is 11.4. The van der Waals surface area contributed by atoms with E-state index in [0.29, 0.717) is 0 Å². The molecule has 4 nitrogen and oxygen atoms in total. The molecule has 0 aromatic heterocycles.